The summed E-state index contributed by atoms with van der Waals surface area (Å²) in [6.07, 6.45) is 0. The van der Waals surface area contributed by atoms with E-state index in [0.717, 1.165) is 17.9 Å². The van der Waals surface area contributed by atoms with Crippen LogP contribution >= 0.6 is 0 Å². The molecule has 1 saturated heterocycles. The number of ether oxygens (including phenoxy) is 1. The van der Waals surface area contributed by atoms with Crippen molar-refractivity contribution in [3.63, 3.8) is 0 Å². The minimum atomic E-state index is -2.81. The van der Waals surface area contributed by atoms with Crippen LogP contribution in [-0.4, -0.2) is 57.6 Å². The third kappa shape index (κ3) is 5.38. The molecule has 1 aromatic rings. The van der Waals surface area contributed by atoms with Crippen LogP contribution in [0.5, 0.6) is 5.75 Å². The number of sulfone groups is 1. The standard InChI is InChI=1S/C15H20N2O3S/c16-7-1-2-14-3-5-15(6-4-14)20-11-8-17-9-12-21(18,19)13-10-17/h3-6H,7-13,16H2. The molecule has 2 N–H and O–H groups in total. The first-order valence-electron chi connectivity index (χ1n) is 6.94. The van der Waals surface area contributed by atoms with Gasteiger partial charge in [-0.3, -0.25) is 4.90 Å². The zero-order valence-electron chi connectivity index (χ0n) is 11.9. The predicted octanol–water partition coefficient (Wildman–Crippen LogP) is 0.106. The molecular weight excluding hydrogens is 288 g/mol. The number of rotatable bonds is 4. The van der Waals surface area contributed by atoms with Crippen molar-refractivity contribution in [3.05, 3.63) is 29.8 Å². The van der Waals surface area contributed by atoms with Crippen molar-refractivity contribution >= 4 is 9.84 Å². The molecular formula is C15H20N2O3S. The smallest absolute Gasteiger partial charge is 0.152 e. The summed E-state index contributed by atoms with van der Waals surface area (Å²) in [6.45, 7) is 2.83. The molecule has 0 aromatic heterocycles. The van der Waals surface area contributed by atoms with Crippen molar-refractivity contribution in [2.75, 3.05) is 44.3 Å². The zero-order valence-corrected chi connectivity index (χ0v) is 12.7. The van der Waals surface area contributed by atoms with Gasteiger partial charge in [-0.15, -0.1) is 0 Å². The third-order valence-corrected chi connectivity index (χ3v) is 4.91. The summed E-state index contributed by atoms with van der Waals surface area (Å²) in [5, 5.41) is 0. The van der Waals surface area contributed by atoms with E-state index >= 15 is 0 Å². The largest absolute Gasteiger partial charge is 0.492 e. The van der Waals surface area contributed by atoms with Crippen molar-refractivity contribution in [2.24, 2.45) is 5.73 Å². The minimum Gasteiger partial charge on any atom is -0.492 e. The van der Waals surface area contributed by atoms with E-state index in [1.807, 2.05) is 24.3 Å². The molecule has 1 aliphatic heterocycles. The second kappa shape index (κ2) is 7.46. The number of hydrogen-bond acceptors (Lipinski definition) is 5. The van der Waals surface area contributed by atoms with Crippen LogP contribution in [0.2, 0.25) is 0 Å². The van der Waals surface area contributed by atoms with Gasteiger partial charge in [-0.2, -0.15) is 0 Å². The van der Waals surface area contributed by atoms with E-state index in [-0.39, 0.29) is 11.5 Å². The highest BCUT2D eigenvalue weighted by Crippen LogP contribution is 2.12. The molecule has 21 heavy (non-hydrogen) atoms. The molecule has 2 rings (SSSR count). The Balaban J connectivity index is 1.74. The molecule has 0 aliphatic carbocycles. The molecule has 1 fully saturated rings. The van der Waals surface area contributed by atoms with Gasteiger partial charge in [0.15, 0.2) is 9.84 Å². The maximum atomic E-state index is 11.3. The van der Waals surface area contributed by atoms with Gasteiger partial charge < -0.3 is 10.5 Å². The van der Waals surface area contributed by atoms with Crippen LogP contribution in [0.4, 0.5) is 0 Å². The number of benzene rings is 1. The molecule has 0 atom stereocenters. The maximum Gasteiger partial charge on any atom is 0.152 e. The van der Waals surface area contributed by atoms with E-state index in [4.69, 9.17) is 10.5 Å². The molecule has 6 heteroatoms. The second-order valence-electron chi connectivity index (χ2n) is 4.87. The van der Waals surface area contributed by atoms with Gasteiger partial charge in [0.2, 0.25) is 0 Å². The average Bonchev–Trinajstić information content (AvgIpc) is 2.48. The normalized spacial score (nSPS) is 17.8. The van der Waals surface area contributed by atoms with Crippen molar-refractivity contribution in [1.29, 1.82) is 0 Å². The predicted molar refractivity (Wildman–Crippen MR) is 83.0 cm³/mol. The third-order valence-electron chi connectivity index (χ3n) is 3.30. The average molecular weight is 308 g/mol. The van der Waals surface area contributed by atoms with Crippen LogP contribution in [0, 0.1) is 11.8 Å². The summed E-state index contributed by atoms with van der Waals surface area (Å²) >= 11 is 0. The van der Waals surface area contributed by atoms with Gasteiger partial charge in [-0.1, -0.05) is 11.8 Å². The summed E-state index contributed by atoms with van der Waals surface area (Å²) in [6, 6.07) is 7.54. The van der Waals surface area contributed by atoms with Gasteiger partial charge in [0.1, 0.15) is 12.4 Å². The molecule has 1 aliphatic rings. The van der Waals surface area contributed by atoms with Crippen LogP contribution < -0.4 is 10.5 Å². The van der Waals surface area contributed by atoms with E-state index in [1.165, 1.54) is 0 Å². The highest BCUT2D eigenvalue weighted by Gasteiger charge is 2.20. The Morgan fingerprint density at radius 2 is 1.86 bits per heavy atom. The lowest BCUT2D eigenvalue weighted by molar-refractivity contribution is 0.219. The monoisotopic (exact) mass is 308 g/mol. The minimum absolute atomic E-state index is 0.251. The lowest BCUT2D eigenvalue weighted by Gasteiger charge is -2.26. The lowest BCUT2D eigenvalue weighted by atomic mass is 10.2. The highest BCUT2D eigenvalue weighted by atomic mass is 32.2. The summed E-state index contributed by atoms with van der Waals surface area (Å²) in [7, 11) is -2.81. The van der Waals surface area contributed by atoms with E-state index in [1.54, 1.807) is 0 Å². The molecule has 0 saturated carbocycles. The molecule has 0 radical (unpaired) electrons. The molecule has 1 aromatic carbocycles. The van der Waals surface area contributed by atoms with Crippen molar-refractivity contribution < 1.29 is 13.2 Å². The Kier molecular flexibility index (Phi) is 5.62. The first-order chi connectivity index (χ1) is 10.1. The summed E-state index contributed by atoms with van der Waals surface area (Å²) in [5.41, 5.74) is 6.23. The van der Waals surface area contributed by atoms with Crippen LogP contribution in [0.25, 0.3) is 0 Å². The Bertz CT molecular complexity index is 601. The van der Waals surface area contributed by atoms with Crippen LogP contribution in [0.15, 0.2) is 24.3 Å². The first kappa shape index (κ1) is 15.8. The molecule has 0 unspecified atom stereocenters. The molecule has 1 heterocycles. The molecule has 0 spiro atoms. The van der Waals surface area contributed by atoms with E-state index in [0.29, 0.717) is 26.2 Å². The molecule has 5 nitrogen and oxygen atoms in total. The van der Waals surface area contributed by atoms with Crippen molar-refractivity contribution in [3.8, 4) is 17.6 Å². The second-order valence-corrected chi connectivity index (χ2v) is 7.18. The van der Waals surface area contributed by atoms with E-state index in [2.05, 4.69) is 16.7 Å². The Morgan fingerprint density at radius 1 is 1.19 bits per heavy atom. The quantitative estimate of drug-likeness (QED) is 0.799. The van der Waals surface area contributed by atoms with Crippen LogP contribution in [-0.2, 0) is 9.84 Å². The Morgan fingerprint density at radius 3 is 2.48 bits per heavy atom. The van der Waals surface area contributed by atoms with Gasteiger partial charge in [0, 0.05) is 25.2 Å². The van der Waals surface area contributed by atoms with Gasteiger partial charge in [0.05, 0.1) is 18.1 Å². The van der Waals surface area contributed by atoms with Crippen LogP contribution in [0.3, 0.4) is 0 Å². The van der Waals surface area contributed by atoms with Crippen molar-refractivity contribution in [1.82, 2.24) is 4.90 Å². The van der Waals surface area contributed by atoms with Crippen LogP contribution in [0.1, 0.15) is 5.56 Å². The zero-order chi connectivity index (χ0) is 15.1. The maximum absolute atomic E-state index is 11.3. The summed E-state index contributed by atoms with van der Waals surface area (Å²) in [5.74, 6) is 7.04. The van der Waals surface area contributed by atoms with Crippen molar-refractivity contribution in [2.45, 2.75) is 0 Å². The topological polar surface area (TPSA) is 72.6 Å². The fourth-order valence-electron chi connectivity index (χ4n) is 2.05. The Labute approximate surface area is 126 Å². The molecule has 0 amide bonds. The lowest BCUT2D eigenvalue weighted by Crippen LogP contribution is -2.42. The molecule has 0 bridgehead atoms. The fraction of sp³-hybridized carbons (Fsp3) is 0.467. The van der Waals surface area contributed by atoms with Gasteiger partial charge in [0.25, 0.3) is 0 Å². The first-order valence-corrected chi connectivity index (χ1v) is 8.76. The number of nitrogens with two attached hydrogens (primary N) is 1. The highest BCUT2D eigenvalue weighted by molar-refractivity contribution is 7.91. The SMILES string of the molecule is NCC#Cc1ccc(OCCN2CCS(=O)(=O)CC2)cc1. The van der Waals surface area contributed by atoms with Gasteiger partial charge in [-0.25, -0.2) is 8.42 Å². The fourth-order valence-corrected chi connectivity index (χ4v) is 3.33. The number of hydrogen-bond donors (Lipinski definition) is 1. The Hall–Kier alpha value is -1.55. The van der Waals surface area contributed by atoms with Gasteiger partial charge in [-0.05, 0) is 24.3 Å². The van der Waals surface area contributed by atoms with E-state index < -0.39 is 9.84 Å². The van der Waals surface area contributed by atoms with Gasteiger partial charge >= 0.3 is 0 Å². The summed E-state index contributed by atoms with van der Waals surface area (Å²) in [4.78, 5) is 2.11. The van der Waals surface area contributed by atoms with E-state index in [9.17, 15) is 8.42 Å². The summed E-state index contributed by atoms with van der Waals surface area (Å²) < 4.78 is 28.3. The molecule has 114 valence electrons. The number of nitrogens with zero attached hydrogens (tertiary/aromatic N) is 1.